The third-order valence-corrected chi connectivity index (χ3v) is 5.41. The van der Waals surface area contributed by atoms with Crippen molar-refractivity contribution in [2.45, 2.75) is 19.3 Å². The number of aromatic hydroxyl groups is 1. The SMILES string of the molecule is Cc1ccc(C=CCCNC(=O)OCC2c3ccccc3-c3ccccc32)c(O)c1. The van der Waals surface area contributed by atoms with E-state index in [9.17, 15) is 9.90 Å². The van der Waals surface area contributed by atoms with Gasteiger partial charge in [-0.3, -0.25) is 0 Å². The van der Waals surface area contributed by atoms with Gasteiger partial charge in [0.15, 0.2) is 0 Å². The Morgan fingerprint density at radius 2 is 1.70 bits per heavy atom. The normalized spacial score (nSPS) is 12.6. The van der Waals surface area contributed by atoms with Crippen LogP contribution in [0.3, 0.4) is 0 Å². The van der Waals surface area contributed by atoms with Gasteiger partial charge in [-0.25, -0.2) is 4.79 Å². The highest BCUT2D eigenvalue weighted by Crippen LogP contribution is 2.44. The van der Waals surface area contributed by atoms with Gasteiger partial charge in [-0.1, -0.05) is 72.8 Å². The molecule has 152 valence electrons. The number of hydrogen-bond donors (Lipinski definition) is 2. The maximum atomic E-state index is 12.2. The third-order valence-electron chi connectivity index (χ3n) is 5.41. The summed E-state index contributed by atoms with van der Waals surface area (Å²) in [6.07, 6.45) is 4.02. The van der Waals surface area contributed by atoms with Crippen LogP contribution in [-0.2, 0) is 4.74 Å². The lowest BCUT2D eigenvalue weighted by Gasteiger charge is -2.14. The molecule has 1 aliphatic carbocycles. The average Bonchev–Trinajstić information content (AvgIpc) is 3.07. The summed E-state index contributed by atoms with van der Waals surface area (Å²) in [5.41, 5.74) is 6.61. The largest absolute Gasteiger partial charge is 0.507 e. The molecular formula is C26H25NO3. The standard InChI is InChI=1S/C26H25NO3/c1-18-13-14-19(25(28)16-18)8-6-7-15-27-26(29)30-17-24-22-11-4-2-9-20(22)21-10-3-5-12-23(21)24/h2-6,8-14,16,24,28H,7,15,17H2,1H3,(H,27,29). The molecule has 30 heavy (non-hydrogen) atoms. The zero-order chi connectivity index (χ0) is 20.9. The van der Waals surface area contributed by atoms with Gasteiger partial charge < -0.3 is 15.2 Å². The highest BCUT2D eigenvalue weighted by atomic mass is 16.5. The molecule has 0 aliphatic heterocycles. The van der Waals surface area contributed by atoms with Crippen LogP contribution in [0.25, 0.3) is 17.2 Å². The van der Waals surface area contributed by atoms with Gasteiger partial charge >= 0.3 is 6.09 Å². The van der Waals surface area contributed by atoms with Crippen molar-refractivity contribution in [3.8, 4) is 16.9 Å². The molecule has 0 fully saturated rings. The van der Waals surface area contributed by atoms with E-state index in [1.807, 2.05) is 55.5 Å². The summed E-state index contributed by atoms with van der Waals surface area (Å²) in [5, 5.41) is 12.7. The quantitative estimate of drug-likeness (QED) is 0.527. The Kier molecular flexibility index (Phi) is 5.84. The molecule has 1 aliphatic rings. The number of nitrogens with one attached hydrogen (secondary N) is 1. The molecule has 0 saturated heterocycles. The first-order valence-corrected chi connectivity index (χ1v) is 10.2. The second kappa shape index (κ2) is 8.87. The first-order chi connectivity index (χ1) is 14.6. The van der Waals surface area contributed by atoms with E-state index in [1.54, 1.807) is 6.07 Å². The van der Waals surface area contributed by atoms with E-state index in [0.717, 1.165) is 11.1 Å². The molecule has 0 saturated carbocycles. The maximum absolute atomic E-state index is 12.2. The second-order valence-electron chi connectivity index (χ2n) is 7.51. The molecule has 2 N–H and O–H groups in total. The summed E-state index contributed by atoms with van der Waals surface area (Å²) in [6, 6.07) is 22.1. The molecule has 1 amide bonds. The lowest BCUT2D eigenvalue weighted by molar-refractivity contribution is 0.143. The van der Waals surface area contributed by atoms with Crippen molar-refractivity contribution in [1.29, 1.82) is 0 Å². The van der Waals surface area contributed by atoms with Crippen LogP contribution in [0.15, 0.2) is 72.8 Å². The van der Waals surface area contributed by atoms with Crippen molar-refractivity contribution in [2.75, 3.05) is 13.2 Å². The molecule has 0 aromatic heterocycles. The molecule has 0 spiro atoms. The van der Waals surface area contributed by atoms with Gasteiger partial charge in [-0.05, 0) is 47.2 Å². The minimum absolute atomic E-state index is 0.0626. The van der Waals surface area contributed by atoms with Crippen molar-refractivity contribution in [2.24, 2.45) is 0 Å². The number of aryl methyl sites for hydroxylation is 1. The number of ether oxygens (including phenoxy) is 1. The Balaban J connectivity index is 1.28. The summed E-state index contributed by atoms with van der Waals surface area (Å²) >= 11 is 0. The second-order valence-corrected chi connectivity index (χ2v) is 7.51. The predicted octanol–water partition coefficient (Wildman–Crippen LogP) is 5.64. The Bertz CT molecular complexity index is 1040. The van der Waals surface area contributed by atoms with E-state index in [1.165, 1.54) is 22.3 Å². The summed E-state index contributed by atoms with van der Waals surface area (Å²) in [6.45, 7) is 2.72. The van der Waals surface area contributed by atoms with E-state index < -0.39 is 6.09 Å². The molecule has 0 unspecified atom stereocenters. The number of fused-ring (bicyclic) bond motifs is 3. The number of phenolic OH excluding ortho intramolecular Hbond substituents is 1. The fraction of sp³-hybridized carbons (Fsp3) is 0.192. The van der Waals surface area contributed by atoms with Gasteiger partial charge in [0.05, 0.1) is 0 Å². The summed E-state index contributed by atoms with van der Waals surface area (Å²) in [4.78, 5) is 12.2. The van der Waals surface area contributed by atoms with E-state index in [-0.39, 0.29) is 11.7 Å². The molecule has 0 atom stereocenters. The Hall–Kier alpha value is -3.53. The lowest BCUT2D eigenvalue weighted by Crippen LogP contribution is -2.26. The number of phenols is 1. The van der Waals surface area contributed by atoms with Gasteiger partial charge in [0, 0.05) is 18.0 Å². The molecule has 0 radical (unpaired) electrons. The number of carbonyl (C=O) groups is 1. The van der Waals surface area contributed by atoms with Crippen LogP contribution in [-0.4, -0.2) is 24.4 Å². The molecule has 4 nitrogen and oxygen atoms in total. The van der Waals surface area contributed by atoms with E-state index in [2.05, 4.69) is 29.6 Å². The molecule has 3 aromatic rings. The first-order valence-electron chi connectivity index (χ1n) is 10.2. The van der Waals surface area contributed by atoms with Crippen LogP contribution in [0.4, 0.5) is 4.79 Å². The van der Waals surface area contributed by atoms with Crippen LogP contribution in [0.5, 0.6) is 5.75 Å². The van der Waals surface area contributed by atoms with Crippen LogP contribution in [0.2, 0.25) is 0 Å². The monoisotopic (exact) mass is 399 g/mol. The number of benzene rings is 3. The zero-order valence-corrected chi connectivity index (χ0v) is 17.0. The van der Waals surface area contributed by atoms with Gasteiger partial charge in [-0.2, -0.15) is 0 Å². The average molecular weight is 399 g/mol. The van der Waals surface area contributed by atoms with Crippen molar-refractivity contribution in [3.05, 3.63) is 95.1 Å². The maximum Gasteiger partial charge on any atom is 0.407 e. The summed E-state index contributed by atoms with van der Waals surface area (Å²) in [7, 11) is 0. The van der Waals surface area contributed by atoms with Gasteiger partial charge in [-0.15, -0.1) is 0 Å². The van der Waals surface area contributed by atoms with E-state index in [4.69, 9.17) is 4.74 Å². The lowest BCUT2D eigenvalue weighted by atomic mass is 9.98. The minimum Gasteiger partial charge on any atom is -0.507 e. The smallest absolute Gasteiger partial charge is 0.407 e. The molecular weight excluding hydrogens is 374 g/mol. The van der Waals surface area contributed by atoms with Gasteiger partial charge in [0.2, 0.25) is 0 Å². The van der Waals surface area contributed by atoms with Crippen LogP contribution < -0.4 is 5.32 Å². The Morgan fingerprint density at radius 1 is 1.03 bits per heavy atom. The molecule has 3 aromatic carbocycles. The predicted molar refractivity (Wildman–Crippen MR) is 120 cm³/mol. The first kappa shape index (κ1) is 19.8. The van der Waals surface area contributed by atoms with E-state index in [0.29, 0.717) is 19.6 Å². The molecule has 0 bridgehead atoms. The Labute approximate surface area is 176 Å². The molecule has 0 heterocycles. The van der Waals surface area contributed by atoms with Gasteiger partial charge in [0.25, 0.3) is 0 Å². The van der Waals surface area contributed by atoms with Crippen molar-refractivity contribution >= 4 is 12.2 Å². The minimum atomic E-state index is -0.413. The summed E-state index contributed by atoms with van der Waals surface area (Å²) < 4.78 is 5.52. The fourth-order valence-electron chi connectivity index (χ4n) is 3.91. The van der Waals surface area contributed by atoms with Crippen LogP contribution in [0, 0.1) is 6.92 Å². The number of hydrogen-bond acceptors (Lipinski definition) is 3. The van der Waals surface area contributed by atoms with Gasteiger partial charge in [0.1, 0.15) is 12.4 Å². The topological polar surface area (TPSA) is 58.6 Å². The number of alkyl carbamates (subject to hydrolysis) is 1. The Morgan fingerprint density at radius 3 is 2.37 bits per heavy atom. The van der Waals surface area contributed by atoms with Crippen LogP contribution >= 0.6 is 0 Å². The van der Waals surface area contributed by atoms with Crippen molar-refractivity contribution in [3.63, 3.8) is 0 Å². The van der Waals surface area contributed by atoms with Crippen molar-refractivity contribution in [1.82, 2.24) is 5.32 Å². The highest BCUT2D eigenvalue weighted by Gasteiger charge is 2.28. The third kappa shape index (κ3) is 4.23. The zero-order valence-electron chi connectivity index (χ0n) is 17.0. The molecule has 4 rings (SSSR count). The number of rotatable bonds is 6. The molecule has 4 heteroatoms. The number of carbonyl (C=O) groups excluding carboxylic acids is 1. The van der Waals surface area contributed by atoms with Crippen LogP contribution in [0.1, 0.15) is 34.6 Å². The summed E-state index contributed by atoms with van der Waals surface area (Å²) in [5.74, 6) is 0.323. The van der Waals surface area contributed by atoms with E-state index >= 15 is 0 Å². The van der Waals surface area contributed by atoms with Crippen molar-refractivity contribution < 1.29 is 14.6 Å². The highest BCUT2D eigenvalue weighted by molar-refractivity contribution is 5.79. The fourth-order valence-corrected chi connectivity index (χ4v) is 3.91. The number of amides is 1.